The number of aryl methyl sites for hydroxylation is 1. The lowest BCUT2D eigenvalue weighted by Crippen LogP contribution is -2.44. The second-order valence-corrected chi connectivity index (χ2v) is 6.31. The molecule has 104 valence electrons. The van der Waals surface area contributed by atoms with Crippen molar-refractivity contribution < 1.29 is 4.79 Å². The molecule has 1 N–H and O–H groups in total. The lowest BCUT2D eigenvalue weighted by atomic mass is 10.0. The van der Waals surface area contributed by atoms with Crippen LogP contribution < -0.4 is 10.2 Å². The summed E-state index contributed by atoms with van der Waals surface area (Å²) in [5.41, 5.74) is 0.853. The van der Waals surface area contributed by atoms with Gasteiger partial charge < -0.3 is 10.2 Å². The maximum absolute atomic E-state index is 12.1. The Labute approximate surface area is 115 Å². The fraction of sp³-hybridized carbons (Fsp3) is 0.600. The number of nitrogens with zero attached hydrogens (tertiary/aromatic N) is 2. The molecular weight excluding hydrogens is 238 g/mol. The average molecular weight is 261 g/mol. The Morgan fingerprint density at radius 3 is 2.79 bits per heavy atom. The summed E-state index contributed by atoms with van der Waals surface area (Å²) < 4.78 is 0. The standard InChI is InChI=1S/C15H23N3O/c1-11-6-5-7-13(16-11)18-9-8-12(10-18)14(19)17-15(2,3)4/h5-7,12H,8-10H2,1-4H3,(H,17,19). The zero-order chi connectivity index (χ0) is 14.0. The van der Waals surface area contributed by atoms with Crippen LogP contribution in [0.25, 0.3) is 0 Å². The number of anilines is 1. The second-order valence-electron chi connectivity index (χ2n) is 6.31. The van der Waals surface area contributed by atoms with Crippen LogP contribution in [0.15, 0.2) is 18.2 Å². The molecule has 0 aromatic carbocycles. The van der Waals surface area contributed by atoms with Crippen LogP contribution in [0.2, 0.25) is 0 Å². The van der Waals surface area contributed by atoms with E-state index in [0.717, 1.165) is 31.0 Å². The van der Waals surface area contributed by atoms with Gasteiger partial charge in [0.2, 0.25) is 5.91 Å². The molecule has 2 rings (SSSR count). The van der Waals surface area contributed by atoms with E-state index >= 15 is 0 Å². The predicted octanol–water partition coefficient (Wildman–Crippen LogP) is 2.13. The molecule has 1 aromatic heterocycles. The second kappa shape index (κ2) is 5.19. The maximum atomic E-state index is 12.1. The molecule has 1 aliphatic rings. The van der Waals surface area contributed by atoms with E-state index < -0.39 is 0 Å². The largest absolute Gasteiger partial charge is 0.356 e. The van der Waals surface area contributed by atoms with Crippen LogP contribution in [0.1, 0.15) is 32.9 Å². The molecule has 1 atom stereocenters. The first kappa shape index (κ1) is 13.8. The van der Waals surface area contributed by atoms with Crippen LogP contribution in [-0.4, -0.2) is 29.5 Å². The highest BCUT2D eigenvalue weighted by Crippen LogP contribution is 2.23. The monoisotopic (exact) mass is 261 g/mol. The molecule has 4 heteroatoms. The van der Waals surface area contributed by atoms with E-state index in [1.165, 1.54) is 0 Å². The number of nitrogens with one attached hydrogen (secondary N) is 1. The summed E-state index contributed by atoms with van der Waals surface area (Å²) in [6.07, 6.45) is 0.900. The van der Waals surface area contributed by atoms with Crippen molar-refractivity contribution >= 4 is 11.7 Å². The Kier molecular flexibility index (Phi) is 3.78. The number of hydrogen-bond acceptors (Lipinski definition) is 3. The third-order valence-corrected chi connectivity index (χ3v) is 3.25. The van der Waals surface area contributed by atoms with E-state index in [-0.39, 0.29) is 17.4 Å². The van der Waals surface area contributed by atoms with E-state index in [0.29, 0.717) is 0 Å². The van der Waals surface area contributed by atoms with Crippen molar-refractivity contribution in [3.8, 4) is 0 Å². The van der Waals surface area contributed by atoms with Crippen molar-refractivity contribution in [2.75, 3.05) is 18.0 Å². The van der Waals surface area contributed by atoms with Crippen LogP contribution in [0.5, 0.6) is 0 Å². The van der Waals surface area contributed by atoms with E-state index in [2.05, 4.69) is 15.2 Å². The molecular formula is C15H23N3O. The zero-order valence-electron chi connectivity index (χ0n) is 12.2. The van der Waals surface area contributed by atoms with Crippen molar-refractivity contribution in [2.45, 2.75) is 39.7 Å². The molecule has 4 nitrogen and oxygen atoms in total. The summed E-state index contributed by atoms with van der Waals surface area (Å²) in [6, 6.07) is 6.01. The number of hydrogen-bond donors (Lipinski definition) is 1. The van der Waals surface area contributed by atoms with Crippen molar-refractivity contribution in [3.05, 3.63) is 23.9 Å². The summed E-state index contributed by atoms with van der Waals surface area (Å²) in [5.74, 6) is 1.20. The molecule has 0 saturated carbocycles. The first-order chi connectivity index (χ1) is 8.85. The van der Waals surface area contributed by atoms with Gasteiger partial charge in [0.15, 0.2) is 0 Å². The summed E-state index contributed by atoms with van der Waals surface area (Å²) in [7, 11) is 0. The van der Waals surface area contributed by atoms with Crippen molar-refractivity contribution in [3.63, 3.8) is 0 Å². The first-order valence-corrected chi connectivity index (χ1v) is 6.86. The van der Waals surface area contributed by atoms with E-state index in [4.69, 9.17) is 0 Å². The number of carbonyl (C=O) groups excluding carboxylic acids is 1. The minimum absolute atomic E-state index is 0.0709. The Bertz CT molecular complexity index is 465. The first-order valence-electron chi connectivity index (χ1n) is 6.86. The number of amides is 1. The van der Waals surface area contributed by atoms with E-state index in [9.17, 15) is 4.79 Å². The van der Waals surface area contributed by atoms with Crippen LogP contribution in [0.4, 0.5) is 5.82 Å². The summed E-state index contributed by atoms with van der Waals surface area (Å²) in [5, 5.41) is 3.06. The van der Waals surface area contributed by atoms with Crippen LogP contribution in [-0.2, 0) is 4.79 Å². The highest BCUT2D eigenvalue weighted by molar-refractivity contribution is 5.80. The molecule has 1 aliphatic heterocycles. The van der Waals surface area contributed by atoms with Gasteiger partial charge >= 0.3 is 0 Å². The molecule has 0 bridgehead atoms. The Morgan fingerprint density at radius 2 is 2.16 bits per heavy atom. The maximum Gasteiger partial charge on any atom is 0.225 e. The van der Waals surface area contributed by atoms with Gasteiger partial charge in [-0.25, -0.2) is 4.98 Å². The third-order valence-electron chi connectivity index (χ3n) is 3.25. The van der Waals surface area contributed by atoms with Crippen molar-refractivity contribution in [2.24, 2.45) is 5.92 Å². The Balaban J connectivity index is 1.98. The quantitative estimate of drug-likeness (QED) is 0.887. The topological polar surface area (TPSA) is 45.2 Å². The van der Waals surface area contributed by atoms with E-state index in [1.807, 2.05) is 45.9 Å². The van der Waals surface area contributed by atoms with Gasteiger partial charge in [-0.1, -0.05) is 6.07 Å². The zero-order valence-corrected chi connectivity index (χ0v) is 12.2. The number of aromatic nitrogens is 1. The van der Waals surface area contributed by atoms with Gasteiger partial charge in [-0.05, 0) is 46.2 Å². The lowest BCUT2D eigenvalue weighted by molar-refractivity contribution is -0.125. The molecule has 19 heavy (non-hydrogen) atoms. The molecule has 1 fully saturated rings. The normalized spacial score (nSPS) is 19.6. The molecule has 2 heterocycles. The van der Waals surface area contributed by atoms with E-state index in [1.54, 1.807) is 0 Å². The van der Waals surface area contributed by atoms with Gasteiger partial charge in [0.05, 0.1) is 5.92 Å². The van der Waals surface area contributed by atoms with Crippen LogP contribution in [0.3, 0.4) is 0 Å². The van der Waals surface area contributed by atoms with Crippen molar-refractivity contribution in [1.29, 1.82) is 0 Å². The molecule has 1 unspecified atom stereocenters. The SMILES string of the molecule is Cc1cccc(N2CCC(C(=O)NC(C)(C)C)C2)n1. The molecule has 0 spiro atoms. The lowest BCUT2D eigenvalue weighted by Gasteiger charge is -2.23. The van der Waals surface area contributed by atoms with Gasteiger partial charge in [-0.3, -0.25) is 4.79 Å². The summed E-state index contributed by atoms with van der Waals surface area (Å²) in [6.45, 7) is 9.69. The minimum Gasteiger partial charge on any atom is -0.356 e. The highest BCUT2D eigenvalue weighted by atomic mass is 16.2. The fourth-order valence-electron chi connectivity index (χ4n) is 2.36. The molecule has 1 saturated heterocycles. The highest BCUT2D eigenvalue weighted by Gasteiger charge is 2.30. The molecule has 0 aliphatic carbocycles. The average Bonchev–Trinajstić information content (AvgIpc) is 2.75. The molecule has 1 amide bonds. The van der Waals surface area contributed by atoms with Crippen molar-refractivity contribution in [1.82, 2.24) is 10.3 Å². The minimum atomic E-state index is -0.161. The molecule has 1 aromatic rings. The van der Waals surface area contributed by atoms with Gasteiger partial charge in [0.25, 0.3) is 0 Å². The van der Waals surface area contributed by atoms with Crippen LogP contribution >= 0.6 is 0 Å². The van der Waals surface area contributed by atoms with Crippen LogP contribution in [0, 0.1) is 12.8 Å². The molecule has 0 radical (unpaired) electrons. The van der Waals surface area contributed by atoms with Gasteiger partial charge in [-0.15, -0.1) is 0 Å². The van der Waals surface area contributed by atoms with Gasteiger partial charge in [0, 0.05) is 24.3 Å². The number of pyridine rings is 1. The summed E-state index contributed by atoms with van der Waals surface area (Å²) >= 11 is 0. The van der Waals surface area contributed by atoms with Gasteiger partial charge in [0.1, 0.15) is 5.82 Å². The van der Waals surface area contributed by atoms with Gasteiger partial charge in [-0.2, -0.15) is 0 Å². The smallest absolute Gasteiger partial charge is 0.225 e. The number of rotatable bonds is 2. The Morgan fingerprint density at radius 1 is 1.42 bits per heavy atom. The summed E-state index contributed by atoms with van der Waals surface area (Å²) in [4.78, 5) is 18.9. The third kappa shape index (κ3) is 3.69. The predicted molar refractivity (Wildman–Crippen MR) is 77.2 cm³/mol. The Hall–Kier alpha value is -1.58. The fourth-order valence-corrected chi connectivity index (χ4v) is 2.36. The number of carbonyl (C=O) groups is 1.